The molecule has 1 fully saturated rings. The topological polar surface area (TPSA) is 84.5 Å². The number of nitrogens with one attached hydrogen (secondary N) is 2. The SMILES string of the molecule is CCOC(=O)C(=O)NNC(=O)C1(c2ccccc2)CCCC1. The van der Waals surface area contributed by atoms with E-state index in [1.54, 1.807) is 6.92 Å². The second kappa shape index (κ2) is 7.06. The maximum atomic E-state index is 12.6. The van der Waals surface area contributed by atoms with E-state index in [4.69, 9.17) is 0 Å². The number of hydrogen-bond acceptors (Lipinski definition) is 4. The first-order valence-corrected chi connectivity index (χ1v) is 7.43. The second-order valence-electron chi connectivity index (χ2n) is 5.28. The fourth-order valence-electron chi connectivity index (χ4n) is 2.86. The van der Waals surface area contributed by atoms with Gasteiger partial charge in [0, 0.05) is 0 Å². The van der Waals surface area contributed by atoms with Crippen molar-refractivity contribution in [3.05, 3.63) is 35.9 Å². The highest BCUT2D eigenvalue weighted by Gasteiger charge is 2.42. The fraction of sp³-hybridized carbons (Fsp3) is 0.438. The van der Waals surface area contributed by atoms with Crippen LogP contribution < -0.4 is 10.9 Å². The Hall–Kier alpha value is -2.37. The highest BCUT2D eigenvalue weighted by Crippen LogP contribution is 2.41. The van der Waals surface area contributed by atoms with E-state index in [2.05, 4.69) is 15.6 Å². The van der Waals surface area contributed by atoms with Crippen LogP contribution in [-0.2, 0) is 24.5 Å². The van der Waals surface area contributed by atoms with Crippen molar-refractivity contribution in [3.8, 4) is 0 Å². The van der Waals surface area contributed by atoms with Crippen LogP contribution in [0.25, 0.3) is 0 Å². The van der Waals surface area contributed by atoms with Crippen LogP contribution in [-0.4, -0.2) is 24.4 Å². The Morgan fingerprint density at radius 1 is 1.09 bits per heavy atom. The Morgan fingerprint density at radius 2 is 1.73 bits per heavy atom. The van der Waals surface area contributed by atoms with Crippen molar-refractivity contribution in [2.45, 2.75) is 38.0 Å². The maximum Gasteiger partial charge on any atom is 0.398 e. The van der Waals surface area contributed by atoms with Gasteiger partial charge in [0.05, 0.1) is 12.0 Å². The lowest BCUT2D eigenvalue weighted by molar-refractivity contribution is -0.155. The molecular formula is C16H20N2O4. The number of carbonyl (C=O) groups excluding carboxylic acids is 3. The van der Waals surface area contributed by atoms with E-state index < -0.39 is 17.3 Å². The van der Waals surface area contributed by atoms with Crippen molar-refractivity contribution in [2.24, 2.45) is 0 Å². The first-order chi connectivity index (χ1) is 10.6. The Kier molecular flexibility index (Phi) is 5.14. The molecule has 1 aliphatic rings. The highest BCUT2D eigenvalue weighted by molar-refractivity contribution is 6.32. The second-order valence-corrected chi connectivity index (χ2v) is 5.28. The Labute approximate surface area is 129 Å². The van der Waals surface area contributed by atoms with Crippen molar-refractivity contribution in [3.63, 3.8) is 0 Å². The van der Waals surface area contributed by atoms with E-state index in [0.717, 1.165) is 31.2 Å². The van der Waals surface area contributed by atoms with Crippen molar-refractivity contribution in [1.29, 1.82) is 0 Å². The number of carbonyl (C=O) groups is 3. The quantitative estimate of drug-likeness (QED) is 0.499. The summed E-state index contributed by atoms with van der Waals surface area (Å²) in [7, 11) is 0. The molecule has 2 N–H and O–H groups in total. The van der Waals surface area contributed by atoms with Crippen LogP contribution in [0.4, 0.5) is 0 Å². The molecule has 0 aromatic heterocycles. The molecule has 0 heterocycles. The third kappa shape index (κ3) is 3.27. The number of amides is 2. The zero-order chi connectivity index (χ0) is 16.0. The van der Waals surface area contributed by atoms with Gasteiger partial charge in [-0.2, -0.15) is 0 Å². The minimum atomic E-state index is -1.01. The van der Waals surface area contributed by atoms with Gasteiger partial charge in [0.25, 0.3) is 0 Å². The molecule has 0 saturated heterocycles. The number of hydrazine groups is 1. The van der Waals surface area contributed by atoms with Gasteiger partial charge in [-0.1, -0.05) is 43.2 Å². The minimum absolute atomic E-state index is 0.105. The molecule has 1 saturated carbocycles. The summed E-state index contributed by atoms with van der Waals surface area (Å²) in [6.07, 6.45) is 3.35. The molecule has 22 heavy (non-hydrogen) atoms. The molecule has 6 nitrogen and oxygen atoms in total. The summed E-state index contributed by atoms with van der Waals surface area (Å²) in [6, 6.07) is 9.50. The van der Waals surface area contributed by atoms with E-state index in [1.807, 2.05) is 30.3 Å². The van der Waals surface area contributed by atoms with Gasteiger partial charge in [-0.15, -0.1) is 0 Å². The van der Waals surface area contributed by atoms with Gasteiger partial charge < -0.3 is 4.74 Å². The third-order valence-electron chi connectivity index (χ3n) is 3.97. The molecule has 2 rings (SSSR count). The maximum absolute atomic E-state index is 12.6. The van der Waals surface area contributed by atoms with E-state index in [9.17, 15) is 14.4 Å². The van der Waals surface area contributed by atoms with Crippen LogP contribution in [0.1, 0.15) is 38.2 Å². The third-order valence-corrected chi connectivity index (χ3v) is 3.97. The summed E-state index contributed by atoms with van der Waals surface area (Å²) < 4.78 is 4.57. The first-order valence-electron chi connectivity index (χ1n) is 7.43. The molecule has 118 valence electrons. The summed E-state index contributed by atoms with van der Waals surface area (Å²) in [5.41, 5.74) is 4.77. The van der Waals surface area contributed by atoms with Crippen LogP contribution in [0, 0.1) is 0 Å². The van der Waals surface area contributed by atoms with Crippen molar-refractivity contribution in [1.82, 2.24) is 10.9 Å². The molecule has 1 aromatic carbocycles. The molecule has 6 heteroatoms. The molecule has 0 atom stereocenters. The van der Waals surface area contributed by atoms with Crippen LogP contribution in [0.15, 0.2) is 30.3 Å². The molecule has 0 radical (unpaired) electrons. The molecular weight excluding hydrogens is 284 g/mol. The summed E-state index contributed by atoms with van der Waals surface area (Å²) in [6.45, 7) is 1.71. The normalized spacial score (nSPS) is 15.9. The van der Waals surface area contributed by atoms with Crippen molar-refractivity contribution >= 4 is 17.8 Å². The molecule has 0 bridgehead atoms. The van der Waals surface area contributed by atoms with Crippen LogP contribution >= 0.6 is 0 Å². The predicted molar refractivity (Wildman–Crippen MR) is 79.5 cm³/mol. The van der Waals surface area contributed by atoms with Crippen LogP contribution in [0.3, 0.4) is 0 Å². The van der Waals surface area contributed by atoms with Gasteiger partial charge in [0.2, 0.25) is 5.91 Å². The van der Waals surface area contributed by atoms with Crippen molar-refractivity contribution < 1.29 is 19.1 Å². The van der Waals surface area contributed by atoms with Gasteiger partial charge in [0.1, 0.15) is 0 Å². The fourth-order valence-corrected chi connectivity index (χ4v) is 2.86. The average molecular weight is 304 g/mol. The number of benzene rings is 1. The molecule has 0 spiro atoms. The first kappa shape index (κ1) is 16.0. The molecule has 1 aliphatic carbocycles. The minimum Gasteiger partial charge on any atom is -0.459 e. The monoisotopic (exact) mass is 304 g/mol. The molecule has 1 aromatic rings. The lowest BCUT2D eigenvalue weighted by Gasteiger charge is -2.28. The zero-order valence-corrected chi connectivity index (χ0v) is 12.6. The van der Waals surface area contributed by atoms with E-state index in [1.165, 1.54) is 0 Å². The van der Waals surface area contributed by atoms with E-state index >= 15 is 0 Å². The number of ether oxygens (including phenoxy) is 1. The average Bonchev–Trinajstić information content (AvgIpc) is 3.04. The van der Waals surface area contributed by atoms with Gasteiger partial charge >= 0.3 is 11.9 Å². The largest absolute Gasteiger partial charge is 0.459 e. The molecule has 2 amide bonds. The Morgan fingerprint density at radius 3 is 2.32 bits per heavy atom. The van der Waals surface area contributed by atoms with Gasteiger partial charge in [-0.25, -0.2) is 4.79 Å². The van der Waals surface area contributed by atoms with Crippen molar-refractivity contribution in [2.75, 3.05) is 6.61 Å². The zero-order valence-electron chi connectivity index (χ0n) is 12.6. The summed E-state index contributed by atoms with van der Waals surface area (Å²) in [5, 5.41) is 0. The number of rotatable bonds is 3. The molecule has 0 aliphatic heterocycles. The Balaban J connectivity index is 2.06. The van der Waals surface area contributed by atoms with Gasteiger partial charge in [-0.05, 0) is 25.3 Å². The lowest BCUT2D eigenvalue weighted by atomic mass is 9.78. The van der Waals surface area contributed by atoms with E-state index in [0.29, 0.717) is 0 Å². The van der Waals surface area contributed by atoms with Gasteiger partial charge in [-0.3, -0.25) is 20.4 Å². The summed E-state index contributed by atoms with van der Waals surface area (Å²) >= 11 is 0. The van der Waals surface area contributed by atoms with Gasteiger partial charge in [0.15, 0.2) is 0 Å². The van der Waals surface area contributed by atoms with Crippen LogP contribution in [0.2, 0.25) is 0 Å². The van der Waals surface area contributed by atoms with E-state index in [-0.39, 0.29) is 12.5 Å². The predicted octanol–water partition coefficient (Wildman–Crippen LogP) is 1.21. The smallest absolute Gasteiger partial charge is 0.398 e. The standard InChI is InChI=1S/C16H20N2O4/c1-2-22-14(20)13(19)17-18-15(21)16(10-6-7-11-16)12-8-4-3-5-9-12/h3-5,8-9H,2,6-7,10-11H2,1H3,(H,17,19)(H,18,21). The number of hydrogen-bond donors (Lipinski definition) is 2. The van der Waals surface area contributed by atoms with Crippen LogP contribution in [0.5, 0.6) is 0 Å². The lowest BCUT2D eigenvalue weighted by Crippen LogP contribution is -2.52. The summed E-state index contributed by atoms with van der Waals surface area (Å²) in [4.78, 5) is 35.3. The highest BCUT2D eigenvalue weighted by atomic mass is 16.5. The number of esters is 1. The molecule has 0 unspecified atom stereocenters. The summed E-state index contributed by atoms with van der Waals surface area (Å²) in [5.74, 6) is -2.28. The Bertz CT molecular complexity index is 551.